The zero-order chi connectivity index (χ0) is 27.4. The zero-order valence-corrected chi connectivity index (χ0v) is 21.4. The van der Waals surface area contributed by atoms with Gasteiger partial charge >= 0.3 is 5.97 Å². The van der Waals surface area contributed by atoms with Gasteiger partial charge in [-0.3, -0.25) is 14.7 Å². The number of halogens is 4. The van der Waals surface area contributed by atoms with Gasteiger partial charge in [-0.2, -0.15) is 0 Å². The van der Waals surface area contributed by atoms with E-state index in [4.69, 9.17) is 16.3 Å². The largest absolute Gasteiger partial charge is 0.497 e. The van der Waals surface area contributed by atoms with Crippen LogP contribution >= 0.6 is 11.6 Å². The van der Waals surface area contributed by atoms with Gasteiger partial charge in [0.1, 0.15) is 23.2 Å². The predicted octanol–water partition coefficient (Wildman–Crippen LogP) is 5.35. The molecule has 200 valence electrons. The van der Waals surface area contributed by atoms with Gasteiger partial charge in [-0.1, -0.05) is 23.4 Å². The molecule has 0 radical (unpaired) electrons. The summed E-state index contributed by atoms with van der Waals surface area (Å²) in [6.07, 6.45) is 1.47. The second-order valence-corrected chi connectivity index (χ2v) is 9.77. The van der Waals surface area contributed by atoms with E-state index >= 15 is 0 Å². The van der Waals surface area contributed by atoms with E-state index in [0.29, 0.717) is 60.3 Å². The minimum absolute atomic E-state index is 0.172. The number of carboxylic acid groups (broad SMARTS) is 1. The molecule has 2 heterocycles. The molecule has 1 aromatic heterocycles. The topological polar surface area (TPSA) is 82.9 Å². The molecule has 1 saturated heterocycles. The van der Waals surface area contributed by atoms with Crippen molar-refractivity contribution in [3.05, 3.63) is 70.1 Å². The Bertz CT molecular complexity index is 1390. The number of aliphatic hydroxyl groups is 1. The van der Waals surface area contributed by atoms with Gasteiger partial charge in [0.15, 0.2) is 0 Å². The molecule has 2 N–H and O–H groups in total. The molecule has 10 heteroatoms. The molecule has 1 aliphatic heterocycles. The van der Waals surface area contributed by atoms with E-state index in [9.17, 15) is 28.2 Å². The number of carboxylic acids is 1. The number of rotatable bonds is 7. The molecule has 0 spiro atoms. The van der Waals surface area contributed by atoms with Crippen molar-refractivity contribution in [2.45, 2.75) is 31.8 Å². The van der Waals surface area contributed by atoms with Crippen LogP contribution in [-0.4, -0.2) is 52.8 Å². The summed E-state index contributed by atoms with van der Waals surface area (Å²) in [4.78, 5) is 18.5. The highest BCUT2D eigenvalue weighted by Gasteiger charge is 2.41. The molecule has 1 fully saturated rings. The van der Waals surface area contributed by atoms with E-state index in [1.807, 2.05) is 4.90 Å². The summed E-state index contributed by atoms with van der Waals surface area (Å²) < 4.78 is 45.9. The van der Waals surface area contributed by atoms with Gasteiger partial charge in [0, 0.05) is 42.4 Å². The number of hydrogen-bond acceptors (Lipinski definition) is 5. The summed E-state index contributed by atoms with van der Waals surface area (Å²) >= 11 is 6.39. The summed E-state index contributed by atoms with van der Waals surface area (Å²) in [6, 6.07) is 6.40. The third kappa shape index (κ3) is 5.88. The van der Waals surface area contributed by atoms with Crippen LogP contribution in [0.15, 0.2) is 36.5 Å². The minimum Gasteiger partial charge on any atom is -0.497 e. The molecular weight excluding hydrogens is 521 g/mol. The maximum Gasteiger partial charge on any atom is 0.309 e. The van der Waals surface area contributed by atoms with Crippen LogP contribution in [0.1, 0.15) is 42.9 Å². The van der Waals surface area contributed by atoms with E-state index in [0.717, 1.165) is 0 Å². The van der Waals surface area contributed by atoms with Crippen LogP contribution < -0.4 is 4.74 Å². The zero-order valence-electron chi connectivity index (χ0n) is 20.6. The van der Waals surface area contributed by atoms with Crippen LogP contribution in [0.4, 0.5) is 13.2 Å². The van der Waals surface area contributed by atoms with Crippen LogP contribution in [0.5, 0.6) is 5.75 Å². The van der Waals surface area contributed by atoms with Crippen LogP contribution in [0, 0.1) is 34.7 Å². The molecule has 4 rings (SSSR count). The van der Waals surface area contributed by atoms with Gasteiger partial charge in [0.2, 0.25) is 0 Å². The molecular formula is C28H26ClF3N2O4. The first kappa shape index (κ1) is 27.7. The first-order valence-electron chi connectivity index (χ1n) is 12.0. The summed E-state index contributed by atoms with van der Waals surface area (Å²) in [5.41, 5.74) is -0.444. The highest BCUT2D eigenvalue weighted by molar-refractivity contribution is 6.32. The Morgan fingerprint density at radius 2 is 1.89 bits per heavy atom. The van der Waals surface area contributed by atoms with Crippen molar-refractivity contribution >= 4 is 28.5 Å². The Morgan fingerprint density at radius 3 is 2.53 bits per heavy atom. The monoisotopic (exact) mass is 546 g/mol. The molecule has 6 nitrogen and oxygen atoms in total. The molecule has 0 aliphatic carbocycles. The Hall–Kier alpha value is -3.32. The van der Waals surface area contributed by atoms with Crippen molar-refractivity contribution in [3.8, 4) is 17.6 Å². The van der Waals surface area contributed by atoms with Crippen molar-refractivity contribution < 1.29 is 32.9 Å². The van der Waals surface area contributed by atoms with Crippen molar-refractivity contribution in [1.29, 1.82) is 0 Å². The lowest BCUT2D eigenvalue weighted by Gasteiger charge is -2.38. The Morgan fingerprint density at radius 1 is 1.21 bits per heavy atom. The van der Waals surface area contributed by atoms with Crippen molar-refractivity contribution in [3.63, 3.8) is 0 Å². The molecule has 3 aromatic rings. The number of ether oxygens (including phenoxy) is 1. The van der Waals surface area contributed by atoms with Gasteiger partial charge in [-0.15, -0.1) is 0 Å². The van der Waals surface area contributed by atoms with Gasteiger partial charge in [-0.05, 0) is 43.9 Å². The van der Waals surface area contributed by atoms with Crippen LogP contribution in [0.2, 0.25) is 5.02 Å². The number of nitrogens with zero attached hydrogens (tertiary/aromatic N) is 2. The average Bonchev–Trinajstić information content (AvgIpc) is 2.89. The Labute approximate surface area is 223 Å². The summed E-state index contributed by atoms with van der Waals surface area (Å²) in [6.45, 7) is 0.984. The number of pyridine rings is 1. The molecule has 0 bridgehead atoms. The lowest BCUT2D eigenvalue weighted by Crippen LogP contribution is -2.44. The molecule has 0 unspecified atom stereocenters. The molecule has 38 heavy (non-hydrogen) atoms. The number of aliphatic hydroxyl groups excluding tert-OH is 1. The van der Waals surface area contributed by atoms with Crippen LogP contribution in [0.25, 0.3) is 10.9 Å². The lowest BCUT2D eigenvalue weighted by atomic mass is 9.74. The second kappa shape index (κ2) is 11.6. The molecule has 2 aromatic carbocycles. The molecule has 1 aliphatic rings. The van der Waals surface area contributed by atoms with Crippen LogP contribution in [-0.2, 0) is 4.79 Å². The Balaban J connectivity index is 1.42. The normalized spacial score (nSPS) is 16.1. The molecule has 0 saturated carbocycles. The first-order chi connectivity index (χ1) is 18.1. The third-order valence-electron chi connectivity index (χ3n) is 7.09. The highest BCUT2D eigenvalue weighted by atomic mass is 35.5. The standard InChI is InChI=1S/C28H26ClF3N2O4/c1-38-18-4-5-24-20(15-18)26(21(29)16-33-24)25(35)6-7-28(27(36)37)8-11-34(12-9-28)10-2-3-19-22(31)13-17(30)14-23(19)32/h4-5,13-16,25,35H,6-12H2,1H3,(H,36,37)/t25-/m0/s1. The number of carbonyl (C=O) groups is 1. The maximum absolute atomic E-state index is 13.8. The molecule has 0 amide bonds. The number of likely N-dealkylation sites (tertiary alicyclic amines) is 1. The maximum atomic E-state index is 13.8. The summed E-state index contributed by atoms with van der Waals surface area (Å²) in [5.74, 6) is 1.56. The van der Waals surface area contributed by atoms with Crippen molar-refractivity contribution in [1.82, 2.24) is 9.88 Å². The fraction of sp³-hybridized carbons (Fsp3) is 0.357. The number of hydrogen-bond donors (Lipinski definition) is 2. The van der Waals surface area contributed by atoms with Gasteiger partial charge in [-0.25, -0.2) is 13.2 Å². The Kier molecular flexibility index (Phi) is 8.46. The third-order valence-corrected chi connectivity index (χ3v) is 7.39. The SMILES string of the molecule is COc1ccc2ncc(Cl)c([C@@H](O)CCC3(C(=O)O)CCN(CC#Cc4c(F)cc(F)cc4F)CC3)c2c1. The fourth-order valence-electron chi connectivity index (χ4n) is 4.80. The first-order valence-corrected chi connectivity index (χ1v) is 12.4. The van der Waals surface area contributed by atoms with E-state index in [2.05, 4.69) is 16.8 Å². The predicted molar refractivity (Wildman–Crippen MR) is 136 cm³/mol. The van der Waals surface area contributed by atoms with E-state index < -0.39 is 40.5 Å². The minimum atomic E-state index is -1.07. The number of benzene rings is 2. The average molecular weight is 547 g/mol. The van der Waals surface area contributed by atoms with Gasteiger partial charge < -0.3 is 14.9 Å². The quantitative estimate of drug-likeness (QED) is 0.389. The van der Waals surface area contributed by atoms with Crippen LogP contribution in [0.3, 0.4) is 0 Å². The van der Waals surface area contributed by atoms with E-state index in [-0.39, 0.29) is 24.4 Å². The smallest absolute Gasteiger partial charge is 0.309 e. The number of piperidine rings is 1. The summed E-state index contributed by atoms with van der Waals surface area (Å²) in [7, 11) is 1.53. The fourth-order valence-corrected chi connectivity index (χ4v) is 5.08. The van der Waals surface area contributed by atoms with Crippen molar-refractivity contribution in [2.24, 2.45) is 5.41 Å². The van der Waals surface area contributed by atoms with Crippen molar-refractivity contribution in [2.75, 3.05) is 26.7 Å². The number of aliphatic carboxylic acids is 1. The van der Waals surface area contributed by atoms with Gasteiger partial charge in [0.25, 0.3) is 0 Å². The lowest BCUT2D eigenvalue weighted by molar-refractivity contribution is -0.153. The number of aromatic nitrogens is 1. The highest BCUT2D eigenvalue weighted by Crippen LogP contribution is 2.41. The van der Waals surface area contributed by atoms with Gasteiger partial charge in [0.05, 0.1) is 41.3 Å². The number of fused-ring (bicyclic) bond motifs is 1. The van der Waals surface area contributed by atoms with E-state index in [1.54, 1.807) is 18.2 Å². The van der Waals surface area contributed by atoms with E-state index in [1.165, 1.54) is 13.3 Å². The summed E-state index contributed by atoms with van der Waals surface area (Å²) in [5, 5.41) is 22.1. The molecule has 1 atom stereocenters. The second-order valence-electron chi connectivity index (χ2n) is 9.37. The number of methoxy groups -OCH3 is 1.